The second-order valence-electron chi connectivity index (χ2n) is 5.75. The predicted octanol–water partition coefficient (Wildman–Crippen LogP) is 5.96. The van der Waals surface area contributed by atoms with E-state index in [9.17, 15) is 13.6 Å². The number of carboxylic acids is 1. The van der Waals surface area contributed by atoms with Crippen molar-refractivity contribution in [2.24, 2.45) is 5.41 Å². The molecule has 0 unspecified atom stereocenters. The number of rotatable bonds is 5. The molecule has 0 saturated heterocycles. The lowest BCUT2D eigenvalue weighted by Gasteiger charge is -2.38. The van der Waals surface area contributed by atoms with Crippen molar-refractivity contribution in [3.05, 3.63) is 20.3 Å². The molecule has 0 aromatic carbocycles. The van der Waals surface area contributed by atoms with Gasteiger partial charge >= 0.3 is 5.97 Å². The molecule has 118 valence electrons. The zero-order valence-electron chi connectivity index (χ0n) is 11.3. The molecule has 2 nitrogen and oxygen atoms in total. The average molecular weight is 357 g/mol. The molecule has 7 heteroatoms. The standard InChI is InChI=1S/C14H16Cl2F2O2S/c15-10-6-9(12(16)21-10)14(17,18)8-13(7-11(19)20)4-2-1-3-5-13/h6H,1-5,7-8H2,(H,19,20). The van der Waals surface area contributed by atoms with Crippen molar-refractivity contribution in [2.75, 3.05) is 0 Å². The Bertz CT molecular complexity index is 525. The molecule has 1 fully saturated rings. The molecule has 0 aliphatic heterocycles. The fraction of sp³-hybridized carbons (Fsp3) is 0.643. The number of thiophene rings is 1. The van der Waals surface area contributed by atoms with Crippen LogP contribution in [-0.2, 0) is 10.7 Å². The molecule has 1 saturated carbocycles. The SMILES string of the molecule is O=C(O)CC1(CC(F)(F)c2cc(Cl)sc2Cl)CCCCC1. The molecular weight excluding hydrogens is 341 g/mol. The second-order valence-corrected chi connectivity index (χ2v) is 8.04. The number of carbonyl (C=O) groups is 1. The lowest BCUT2D eigenvalue weighted by molar-refractivity contribution is -0.143. The van der Waals surface area contributed by atoms with Crippen molar-refractivity contribution < 1.29 is 18.7 Å². The molecule has 1 aliphatic rings. The van der Waals surface area contributed by atoms with Crippen LogP contribution in [0, 0.1) is 5.41 Å². The molecule has 0 spiro atoms. The molecule has 0 radical (unpaired) electrons. The summed E-state index contributed by atoms with van der Waals surface area (Å²) in [5.74, 6) is -4.19. The van der Waals surface area contributed by atoms with Gasteiger partial charge in [-0.05, 0) is 24.3 Å². The first-order chi connectivity index (χ1) is 9.74. The summed E-state index contributed by atoms with van der Waals surface area (Å²) in [5.41, 5.74) is -1.14. The van der Waals surface area contributed by atoms with Crippen molar-refractivity contribution >= 4 is 40.5 Å². The van der Waals surface area contributed by atoms with Gasteiger partial charge in [0.2, 0.25) is 0 Å². The topological polar surface area (TPSA) is 37.3 Å². The Morgan fingerprint density at radius 3 is 2.43 bits per heavy atom. The Hall–Kier alpha value is -0.390. The molecule has 1 aromatic rings. The lowest BCUT2D eigenvalue weighted by Crippen LogP contribution is -2.33. The maximum Gasteiger partial charge on any atom is 0.303 e. The van der Waals surface area contributed by atoms with Gasteiger partial charge in [-0.15, -0.1) is 11.3 Å². The minimum absolute atomic E-state index is 0.0220. The highest BCUT2D eigenvalue weighted by molar-refractivity contribution is 7.20. The maximum absolute atomic E-state index is 14.6. The lowest BCUT2D eigenvalue weighted by atomic mass is 9.68. The molecule has 2 rings (SSSR count). The van der Waals surface area contributed by atoms with Gasteiger partial charge in [0, 0.05) is 6.42 Å². The van der Waals surface area contributed by atoms with Crippen molar-refractivity contribution in [3.63, 3.8) is 0 Å². The molecule has 0 bridgehead atoms. The summed E-state index contributed by atoms with van der Waals surface area (Å²) >= 11 is 12.5. The third kappa shape index (κ3) is 4.08. The Labute approximate surface area is 136 Å². The first-order valence-electron chi connectivity index (χ1n) is 6.79. The van der Waals surface area contributed by atoms with E-state index in [1.165, 1.54) is 6.07 Å². The quantitative estimate of drug-likeness (QED) is 0.706. The van der Waals surface area contributed by atoms with Crippen LogP contribution in [0.15, 0.2) is 6.07 Å². The largest absolute Gasteiger partial charge is 0.481 e. The number of hydrogen-bond donors (Lipinski definition) is 1. The first kappa shape index (κ1) is 17.0. The van der Waals surface area contributed by atoms with Crippen LogP contribution in [0.4, 0.5) is 8.78 Å². The summed E-state index contributed by atoms with van der Waals surface area (Å²) in [5, 5.41) is 9.07. The molecule has 1 aromatic heterocycles. The van der Waals surface area contributed by atoms with Gasteiger partial charge in [-0.2, -0.15) is 0 Å². The Kier molecular flexibility index (Phi) is 5.16. The van der Waals surface area contributed by atoms with E-state index in [2.05, 4.69) is 0 Å². The highest BCUT2D eigenvalue weighted by atomic mass is 35.5. The molecule has 21 heavy (non-hydrogen) atoms. The third-order valence-corrected chi connectivity index (χ3v) is 5.58. The minimum atomic E-state index is -3.16. The van der Waals surface area contributed by atoms with E-state index < -0.39 is 23.7 Å². The van der Waals surface area contributed by atoms with Gasteiger partial charge < -0.3 is 5.11 Å². The van der Waals surface area contributed by atoms with Crippen molar-refractivity contribution in [2.45, 2.75) is 50.9 Å². The fourth-order valence-electron chi connectivity index (χ4n) is 3.19. The summed E-state index contributed by atoms with van der Waals surface area (Å²) in [6.45, 7) is 0. The highest BCUT2D eigenvalue weighted by Gasteiger charge is 2.46. The highest BCUT2D eigenvalue weighted by Crippen LogP contribution is 2.52. The van der Waals surface area contributed by atoms with Crippen LogP contribution < -0.4 is 0 Å². The minimum Gasteiger partial charge on any atom is -0.481 e. The summed E-state index contributed by atoms with van der Waals surface area (Å²) < 4.78 is 29.4. The summed E-state index contributed by atoms with van der Waals surface area (Å²) in [4.78, 5) is 11.1. The number of aliphatic carboxylic acids is 1. The number of alkyl halides is 2. The fourth-order valence-corrected chi connectivity index (χ4v) is 4.76. The molecule has 1 heterocycles. The first-order valence-corrected chi connectivity index (χ1v) is 8.36. The van der Waals surface area contributed by atoms with Gasteiger partial charge in [0.25, 0.3) is 5.92 Å². The van der Waals surface area contributed by atoms with Gasteiger partial charge in [0.15, 0.2) is 0 Å². The molecule has 1 N–H and O–H groups in total. The van der Waals surface area contributed by atoms with Crippen molar-refractivity contribution in [1.29, 1.82) is 0 Å². The van der Waals surface area contributed by atoms with E-state index in [4.69, 9.17) is 28.3 Å². The van der Waals surface area contributed by atoms with E-state index in [0.717, 1.165) is 30.6 Å². The summed E-state index contributed by atoms with van der Waals surface area (Å²) in [6.07, 6.45) is 2.88. The molecule has 0 atom stereocenters. The predicted molar refractivity (Wildman–Crippen MR) is 80.6 cm³/mol. The van der Waals surface area contributed by atoms with Crippen molar-refractivity contribution in [3.8, 4) is 0 Å². The van der Waals surface area contributed by atoms with Crippen LogP contribution in [0.3, 0.4) is 0 Å². The van der Waals surface area contributed by atoms with Crippen LogP contribution in [0.1, 0.15) is 50.5 Å². The Morgan fingerprint density at radius 2 is 1.95 bits per heavy atom. The Balaban J connectivity index is 2.26. The third-order valence-electron chi connectivity index (χ3n) is 4.09. The number of carboxylic acid groups (broad SMARTS) is 1. The second kappa shape index (κ2) is 6.39. The van der Waals surface area contributed by atoms with Crippen LogP contribution in [-0.4, -0.2) is 11.1 Å². The number of halogens is 4. The van der Waals surface area contributed by atoms with Crippen molar-refractivity contribution in [1.82, 2.24) is 0 Å². The summed E-state index contributed by atoms with van der Waals surface area (Å²) in [7, 11) is 0. The van der Waals surface area contributed by atoms with E-state index in [-0.39, 0.29) is 20.7 Å². The molecule has 1 aliphatic carbocycles. The molecular formula is C14H16Cl2F2O2S. The van der Waals surface area contributed by atoms with E-state index in [1.54, 1.807) is 0 Å². The summed E-state index contributed by atoms with van der Waals surface area (Å²) in [6, 6.07) is 1.19. The van der Waals surface area contributed by atoms with E-state index in [1.807, 2.05) is 0 Å². The molecule has 0 amide bonds. The van der Waals surface area contributed by atoms with Gasteiger partial charge in [-0.25, -0.2) is 8.78 Å². The van der Waals surface area contributed by atoms with Gasteiger partial charge in [-0.1, -0.05) is 42.5 Å². The van der Waals surface area contributed by atoms with Crippen LogP contribution in [0.5, 0.6) is 0 Å². The zero-order valence-corrected chi connectivity index (χ0v) is 13.6. The van der Waals surface area contributed by atoms with Gasteiger partial charge in [0.1, 0.15) is 4.34 Å². The van der Waals surface area contributed by atoms with Crippen LogP contribution >= 0.6 is 34.5 Å². The smallest absolute Gasteiger partial charge is 0.303 e. The van der Waals surface area contributed by atoms with Crippen LogP contribution in [0.2, 0.25) is 8.67 Å². The van der Waals surface area contributed by atoms with Crippen LogP contribution in [0.25, 0.3) is 0 Å². The van der Waals surface area contributed by atoms with E-state index >= 15 is 0 Å². The maximum atomic E-state index is 14.6. The Morgan fingerprint density at radius 1 is 1.33 bits per heavy atom. The monoisotopic (exact) mass is 356 g/mol. The number of hydrogen-bond acceptors (Lipinski definition) is 2. The normalized spacial score (nSPS) is 18.7. The zero-order chi connectivity index (χ0) is 15.7. The average Bonchev–Trinajstić information content (AvgIpc) is 2.68. The van der Waals surface area contributed by atoms with Gasteiger partial charge in [0.05, 0.1) is 16.3 Å². The van der Waals surface area contributed by atoms with Gasteiger partial charge in [-0.3, -0.25) is 4.79 Å². The van der Waals surface area contributed by atoms with E-state index in [0.29, 0.717) is 12.8 Å².